The summed E-state index contributed by atoms with van der Waals surface area (Å²) in [5.41, 5.74) is -0.904. The molecule has 1 aliphatic heterocycles. The summed E-state index contributed by atoms with van der Waals surface area (Å²) in [6.45, 7) is 6.87. The normalized spacial score (nSPS) is 43.3. The second-order valence-electron chi connectivity index (χ2n) is 8.55. The first-order valence-electron chi connectivity index (χ1n) is 9.48. The average molecular weight is 390 g/mol. The highest BCUT2D eigenvalue weighted by Gasteiger charge is 2.48. The number of aliphatic hydroxyl groups is 6. The third kappa shape index (κ3) is 4.54. The molecule has 8 nitrogen and oxygen atoms in total. The quantitative estimate of drug-likeness (QED) is 0.332. The summed E-state index contributed by atoms with van der Waals surface area (Å²) < 4.78 is 11.0. The zero-order valence-electron chi connectivity index (χ0n) is 16.4. The van der Waals surface area contributed by atoms with Gasteiger partial charge >= 0.3 is 0 Å². The van der Waals surface area contributed by atoms with Crippen LogP contribution in [-0.2, 0) is 9.47 Å². The average Bonchev–Trinajstić information content (AvgIpc) is 2.58. The van der Waals surface area contributed by atoms with E-state index in [1.165, 1.54) is 0 Å². The van der Waals surface area contributed by atoms with E-state index < -0.39 is 60.5 Å². The van der Waals surface area contributed by atoms with Gasteiger partial charge in [-0.25, -0.2) is 0 Å². The van der Waals surface area contributed by atoms with E-state index in [-0.39, 0.29) is 0 Å². The van der Waals surface area contributed by atoms with Crippen LogP contribution >= 0.6 is 0 Å². The maximum atomic E-state index is 11.2. The molecule has 0 spiro atoms. The Morgan fingerprint density at radius 1 is 1.19 bits per heavy atom. The van der Waals surface area contributed by atoms with Gasteiger partial charge in [0.2, 0.25) is 0 Å². The fourth-order valence-electron chi connectivity index (χ4n) is 4.14. The molecular formula is C19H34O8. The van der Waals surface area contributed by atoms with Crippen molar-refractivity contribution in [2.24, 2.45) is 5.41 Å². The standard InChI is InChI=1S/C19H34O8/c1-10-7-12(21)8-18(3,4)19(10,25)6-5-11(2)26-17-16(24)15(23)14(22)13(9-20)27-17/h7,11-17,20-25H,5-6,8-9H2,1-4H3/t11-,12-,13-,14-,15+,16-,17-,19-/m1/s1. The van der Waals surface area contributed by atoms with Crippen LogP contribution in [-0.4, -0.2) is 85.8 Å². The third-order valence-corrected chi connectivity index (χ3v) is 6.06. The highest BCUT2D eigenvalue weighted by Crippen LogP contribution is 2.47. The molecule has 8 atom stereocenters. The van der Waals surface area contributed by atoms with Gasteiger partial charge in [0, 0.05) is 5.41 Å². The van der Waals surface area contributed by atoms with Gasteiger partial charge in [-0.3, -0.25) is 0 Å². The first-order chi connectivity index (χ1) is 12.4. The van der Waals surface area contributed by atoms with Crippen molar-refractivity contribution in [3.63, 3.8) is 0 Å². The molecule has 0 radical (unpaired) electrons. The summed E-state index contributed by atoms with van der Waals surface area (Å²) in [6.07, 6.45) is -4.63. The monoisotopic (exact) mass is 390 g/mol. The largest absolute Gasteiger partial charge is 0.394 e. The summed E-state index contributed by atoms with van der Waals surface area (Å²) in [6, 6.07) is 0. The van der Waals surface area contributed by atoms with Crippen molar-refractivity contribution in [2.75, 3.05) is 6.61 Å². The van der Waals surface area contributed by atoms with Crippen molar-refractivity contribution in [1.29, 1.82) is 0 Å². The lowest BCUT2D eigenvalue weighted by Crippen LogP contribution is -2.59. The zero-order valence-corrected chi connectivity index (χ0v) is 16.4. The summed E-state index contributed by atoms with van der Waals surface area (Å²) in [7, 11) is 0. The minimum Gasteiger partial charge on any atom is -0.394 e. The Labute approximate surface area is 160 Å². The van der Waals surface area contributed by atoms with E-state index in [4.69, 9.17) is 9.47 Å². The molecule has 0 saturated carbocycles. The third-order valence-electron chi connectivity index (χ3n) is 6.06. The molecule has 6 N–H and O–H groups in total. The van der Waals surface area contributed by atoms with E-state index in [1.807, 2.05) is 13.8 Å². The number of rotatable bonds is 6. The number of ether oxygens (including phenoxy) is 2. The molecule has 1 fully saturated rings. The molecule has 8 heteroatoms. The van der Waals surface area contributed by atoms with Crippen molar-refractivity contribution in [3.05, 3.63) is 11.6 Å². The Morgan fingerprint density at radius 3 is 2.37 bits per heavy atom. The molecule has 158 valence electrons. The highest BCUT2D eigenvalue weighted by atomic mass is 16.7. The molecule has 0 unspecified atom stereocenters. The van der Waals surface area contributed by atoms with Crippen molar-refractivity contribution >= 4 is 0 Å². The van der Waals surface area contributed by atoms with Gasteiger partial charge in [-0.1, -0.05) is 19.9 Å². The molecule has 2 aliphatic rings. The number of hydrogen-bond acceptors (Lipinski definition) is 8. The Bertz CT molecular complexity index is 534. The Morgan fingerprint density at radius 2 is 1.81 bits per heavy atom. The summed E-state index contributed by atoms with van der Waals surface area (Å²) in [5, 5.41) is 60.1. The van der Waals surface area contributed by atoms with Gasteiger partial charge in [0.05, 0.1) is 24.4 Å². The van der Waals surface area contributed by atoms with Crippen molar-refractivity contribution in [1.82, 2.24) is 0 Å². The van der Waals surface area contributed by atoms with Crippen LogP contribution in [0.25, 0.3) is 0 Å². The van der Waals surface area contributed by atoms with Crippen LogP contribution in [0.15, 0.2) is 11.6 Å². The van der Waals surface area contributed by atoms with Gasteiger partial charge in [0.1, 0.15) is 24.4 Å². The van der Waals surface area contributed by atoms with Gasteiger partial charge in [0.15, 0.2) is 6.29 Å². The van der Waals surface area contributed by atoms with Gasteiger partial charge in [-0.05, 0) is 38.7 Å². The van der Waals surface area contributed by atoms with Crippen molar-refractivity contribution in [2.45, 2.75) is 95.5 Å². The van der Waals surface area contributed by atoms with E-state index in [9.17, 15) is 30.6 Å². The molecule has 1 aliphatic carbocycles. The molecule has 0 amide bonds. The topological polar surface area (TPSA) is 140 Å². The van der Waals surface area contributed by atoms with Crippen LogP contribution in [0.1, 0.15) is 47.0 Å². The highest BCUT2D eigenvalue weighted by molar-refractivity contribution is 5.25. The molecule has 0 aromatic rings. The predicted molar refractivity (Wildman–Crippen MR) is 96.7 cm³/mol. The first kappa shape index (κ1) is 22.7. The van der Waals surface area contributed by atoms with Crippen molar-refractivity contribution in [3.8, 4) is 0 Å². The van der Waals surface area contributed by atoms with E-state index >= 15 is 0 Å². The molecule has 0 bridgehead atoms. The second kappa shape index (κ2) is 8.42. The fraction of sp³-hybridized carbons (Fsp3) is 0.895. The van der Waals surface area contributed by atoms with Crippen LogP contribution in [0.5, 0.6) is 0 Å². The molecule has 0 aromatic heterocycles. The van der Waals surface area contributed by atoms with Crippen LogP contribution in [0.4, 0.5) is 0 Å². The second-order valence-corrected chi connectivity index (χ2v) is 8.55. The fourth-order valence-corrected chi connectivity index (χ4v) is 4.14. The van der Waals surface area contributed by atoms with E-state index in [0.717, 1.165) is 0 Å². The minimum atomic E-state index is -1.48. The van der Waals surface area contributed by atoms with E-state index in [2.05, 4.69) is 0 Å². The lowest BCUT2D eigenvalue weighted by Gasteiger charge is -2.48. The summed E-state index contributed by atoms with van der Waals surface area (Å²) >= 11 is 0. The maximum Gasteiger partial charge on any atom is 0.186 e. The molecule has 2 rings (SSSR count). The zero-order chi connectivity index (χ0) is 20.6. The van der Waals surface area contributed by atoms with Crippen LogP contribution in [0.3, 0.4) is 0 Å². The smallest absolute Gasteiger partial charge is 0.186 e. The predicted octanol–water partition coefficient (Wildman–Crippen LogP) is -0.560. The van der Waals surface area contributed by atoms with Crippen LogP contribution in [0, 0.1) is 5.41 Å². The SMILES string of the molecule is CC1=C[C@@H](O)CC(C)(C)[C@@]1(O)CC[C@@H](C)O[C@@H]1O[C@H](CO)[C@@H](O)[C@H](O)[C@H]1O. The van der Waals surface area contributed by atoms with Crippen LogP contribution in [0.2, 0.25) is 0 Å². The lowest BCUT2D eigenvalue weighted by molar-refractivity contribution is -0.310. The first-order valence-corrected chi connectivity index (χ1v) is 9.48. The van der Waals surface area contributed by atoms with E-state index in [0.29, 0.717) is 24.8 Å². The van der Waals surface area contributed by atoms with Gasteiger partial charge < -0.3 is 40.1 Å². The van der Waals surface area contributed by atoms with E-state index in [1.54, 1.807) is 19.9 Å². The summed E-state index contributed by atoms with van der Waals surface area (Å²) in [5.74, 6) is 0. The molecule has 1 heterocycles. The molecule has 0 aromatic carbocycles. The van der Waals surface area contributed by atoms with Crippen molar-refractivity contribution < 1.29 is 40.1 Å². The lowest BCUT2D eigenvalue weighted by atomic mass is 9.62. The van der Waals surface area contributed by atoms with Gasteiger partial charge in [-0.2, -0.15) is 0 Å². The molecule has 27 heavy (non-hydrogen) atoms. The maximum absolute atomic E-state index is 11.2. The number of hydrogen-bond donors (Lipinski definition) is 6. The summed E-state index contributed by atoms with van der Waals surface area (Å²) in [4.78, 5) is 0. The van der Waals surface area contributed by atoms with Gasteiger partial charge in [0.25, 0.3) is 0 Å². The minimum absolute atomic E-state index is 0.383. The molecule has 1 saturated heterocycles. The Kier molecular flexibility index (Phi) is 7.08. The Hall–Kier alpha value is -0.580. The van der Waals surface area contributed by atoms with Gasteiger partial charge in [-0.15, -0.1) is 0 Å². The molecular weight excluding hydrogens is 356 g/mol. The Balaban J connectivity index is 1.99. The number of aliphatic hydroxyl groups excluding tert-OH is 5. The van der Waals surface area contributed by atoms with Crippen LogP contribution < -0.4 is 0 Å².